The van der Waals surface area contributed by atoms with Crippen molar-refractivity contribution in [1.82, 2.24) is 0 Å². The summed E-state index contributed by atoms with van der Waals surface area (Å²) in [6.07, 6.45) is 0. The Hall–Kier alpha value is -5.36. The fourth-order valence-corrected chi connectivity index (χ4v) is 5.24. The Balaban J connectivity index is 2.10. The van der Waals surface area contributed by atoms with Gasteiger partial charge < -0.3 is 18.9 Å². The molecular formula is C36H30O6. The fourth-order valence-electron chi connectivity index (χ4n) is 5.24. The van der Waals surface area contributed by atoms with Gasteiger partial charge in [0.05, 0.1) is 39.6 Å². The third-order valence-electron chi connectivity index (χ3n) is 7.16. The number of carbonyl (C=O) groups excluding carboxylic acids is 2. The van der Waals surface area contributed by atoms with Crippen LogP contribution in [0.4, 0.5) is 0 Å². The molecule has 5 rings (SSSR count). The van der Waals surface area contributed by atoms with Crippen LogP contribution in [0.3, 0.4) is 0 Å². The van der Waals surface area contributed by atoms with Crippen LogP contribution in [-0.2, 0) is 9.47 Å². The maximum absolute atomic E-state index is 13.8. The van der Waals surface area contributed by atoms with Crippen molar-refractivity contribution in [2.75, 3.05) is 28.4 Å². The summed E-state index contributed by atoms with van der Waals surface area (Å²) in [5, 5.41) is 0. The van der Waals surface area contributed by atoms with E-state index in [1.165, 1.54) is 14.2 Å². The number of carbonyl (C=O) groups is 2. The van der Waals surface area contributed by atoms with Gasteiger partial charge in [0, 0.05) is 11.1 Å². The molecular weight excluding hydrogens is 528 g/mol. The van der Waals surface area contributed by atoms with Gasteiger partial charge in [0.2, 0.25) is 0 Å². The molecule has 42 heavy (non-hydrogen) atoms. The van der Waals surface area contributed by atoms with E-state index in [-0.39, 0.29) is 11.1 Å². The Labute approximate surface area is 245 Å². The quantitative estimate of drug-likeness (QED) is 0.180. The minimum Gasteiger partial charge on any atom is -0.497 e. The third-order valence-corrected chi connectivity index (χ3v) is 7.16. The van der Waals surface area contributed by atoms with Gasteiger partial charge in [-0.15, -0.1) is 0 Å². The van der Waals surface area contributed by atoms with Gasteiger partial charge in [-0.1, -0.05) is 84.9 Å². The number of methoxy groups -OCH3 is 4. The van der Waals surface area contributed by atoms with E-state index in [1.54, 1.807) is 14.2 Å². The molecule has 0 N–H and O–H groups in total. The van der Waals surface area contributed by atoms with E-state index in [1.807, 2.05) is 109 Å². The van der Waals surface area contributed by atoms with Crippen LogP contribution in [0.2, 0.25) is 0 Å². The summed E-state index contributed by atoms with van der Waals surface area (Å²) in [5.41, 5.74) is 5.97. The Morgan fingerprint density at radius 3 is 1.00 bits per heavy atom. The highest BCUT2D eigenvalue weighted by Gasteiger charge is 2.34. The highest BCUT2D eigenvalue weighted by Crippen LogP contribution is 2.50. The van der Waals surface area contributed by atoms with E-state index in [0.29, 0.717) is 22.6 Å². The van der Waals surface area contributed by atoms with Crippen LogP contribution in [0.15, 0.2) is 109 Å². The van der Waals surface area contributed by atoms with Crippen LogP contribution in [-0.4, -0.2) is 40.4 Å². The fraction of sp³-hybridized carbons (Fsp3) is 0.111. The van der Waals surface area contributed by atoms with E-state index in [4.69, 9.17) is 18.9 Å². The molecule has 6 nitrogen and oxygen atoms in total. The molecule has 0 heterocycles. The van der Waals surface area contributed by atoms with Crippen molar-refractivity contribution in [2.45, 2.75) is 0 Å². The van der Waals surface area contributed by atoms with Gasteiger partial charge in [-0.3, -0.25) is 0 Å². The van der Waals surface area contributed by atoms with E-state index in [0.717, 1.165) is 33.4 Å². The van der Waals surface area contributed by atoms with Crippen LogP contribution in [0.5, 0.6) is 11.5 Å². The summed E-state index contributed by atoms with van der Waals surface area (Å²) in [5.74, 6) is 0.0762. The molecule has 0 fully saturated rings. The molecule has 0 bridgehead atoms. The van der Waals surface area contributed by atoms with E-state index in [9.17, 15) is 9.59 Å². The Morgan fingerprint density at radius 2 is 0.714 bits per heavy atom. The van der Waals surface area contributed by atoms with Crippen molar-refractivity contribution >= 4 is 11.9 Å². The maximum atomic E-state index is 13.8. The monoisotopic (exact) mass is 558 g/mol. The minimum absolute atomic E-state index is 0.123. The summed E-state index contributed by atoms with van der Waals surface area (Å²) in [6.45, 7) is 0. The van der Waals surface area contributed by atoms with Crippen LogP contribution in [0.25, 0.3) is 44.5 Å². The molecule has 0 saturated heterocycles. The van der Waals surface area contributed by atoms with Gasteiger partial charge in [-0.05, 0) is 57.6 Å². The second-order valence-corrected chi connectivity index (χ2v) is 9.42. The number of benzene rings is 5. The first-order valence-corrected chi connectivity index (χ1v) is 13.3. The molecule has 6 heteroatoms. The highest BCUT2D eigenvalue weighted by atomic mass is 16.5. The standard InChI is InChI=1S/C36H30O6/c1-39-27-19-15-25(16-20-27)29-30(26-17-21-28(40-2)22-18-26)32(24-13-9-6-10-14-24)34(36(38)42-4)33(35(37)41-3)31(29)23-11-7-5-8-12-23/h5-22H,1-4H3. The SMILES string of the molecule is COC(=O)c1c(C(=O)OC)c(-c2ccccc2)c(-c2ccc(OC)cc2)c(-c2ccc(OC)cc2)c1-c1ccccc1. The lowest BCUT2D eigenvalue weighted by Crippen LogP contribution is -2.17. The minimum atomic E-state index is -0.650. The van der Waals surface area contributed by atoms with E-state index < -0.39 is 11.9 Å². The highest BCUT2D eigenvalue weighted by molar-refractivity contribution is 6.19. The predicted octanol–water partition coefficient (Wildman–Crippen LogP) is 7.95. The Bertz CT molecular complexity index is 1580. The average Bonchev–Trinajstić information content (AvgIpc) is 3.07. The lowest BCUT2D eigenvalue weighted by Gasteiger charge is -2.26. The zero-order valence-corrected chi connectivity index (χ0v) is 23.8. The topological polar surface area (TPSA) is 71.1 Å². The van der Waals surface area contributed by atoms with E-state index >= 15 is 0 Å². The molecule has 0 amide bonds. The number of hydrogen-bond donors (Lipinski definition) is 0. The van der Waals surface area contributed by atoms with Gasteiger partial charge in [0.1, 0.15) is 11.5 Å². The number of hydrogen-bond acceptors (Lipinski definition) is 6. The van der Waals surface area contributed by atoms with Crippen molar-refractivity contribution < 1.29 is 28.5 Å². The molecule has 5 aromatic rings. The average molecular weight is 559 g/mol. The summed E-state index contributed by atoms with van der Waals surface area (Å²) in [7, 11) is 5.85. The molecule has 0 aliphatic heterocycles. The van der Waals surface area contributed by atoms with Crippen molar-refractivity contribution in [2.24, 2.45) is 0 Å². The van der Waals surface area contributed by atoms with Crippen molar-refractivity contribution in [1.29, 1.82) is 0 Å². The second-order valence-electron chi connectivity index (χ2n) is 9.42. The first kappa shape index (κ1) is 28.2. The molecule has 0 radical (unpaired) electrons. The van der Waals surface area contributed by atoms with Crippen LogP contribution in [0, 0.1) is 0 Å². The number of rotatable bonds is 8. The zero-order chi connectivity index (χ0) is 29.6. The van der Waals surface area contributed by atoms with Crippen LogP contribution in [0.1, 0.15) is 20.7 Å². The van der Waals surface area contributed by atoms with Gasteiger partial charge in [-0.2, -0.15) is 0 Å². The molecule has 0 aliphatic rings. The molecule has 0 aliphatic carbocycles. The summed E-state index contributed by atoms with van der Waals surface area (Å²) in [4.78, 5) is 27.6. The van der Waals surface area contributed by atoms with Gasteiger partial charge in [0.25, 0.3) is 0 Å². The first-order valence-electron chi connectivity index (χ1n) is 13.3. The maximum Gasteiger partial charge on any atom is 0.339 e. The van der Waals surface area contributed by atoms with Gasteiger partial charge >= 0.3 is 11.9 Å². The third kappa shape index (κ3) is 5.22. The van der Waals surface area contributed by atoms with E-state index in [2.05, 4.69) is 0 Å². The molecule has 0 spiro atoms. The van der Waals surface area contributed by atoms with Gasteiger partial charge in [0.15, 0.2) is 0 Å². The summed E-state index contributed by atoms with van der Waals surface area (Å²) < 4.78 is 21.6. The molecule has 0 aromatic heterocycles. The molecule has 5 aromatic carbocycles. The van der Waals surface area contributed by atoms with Crippen LogP contribution < -0.4 is 9.47 Å². The lowest BCUT2D eigenvalue weighted by atomic mass is 9.77. The van der Waals surface area contributed by atoms with Crippen molar-refractivity contribution in [3.8, 4) is 56.0 Å². The number of esters is 2. The largest absolute Gasteiger partial charge is 0.497 e. The normalized spacial score (nSPS) is 10.6. The van der Waals surface area contributed by atoms with Crippen LogP contribution >= 0.6 is 0 Å². The Morgan fingerprint density at radius 1 is 0.405 bits per heavy atom. The smallest absolute Gasteiger partial charge is 0.339 e. The summed E-state index contributed by atoms with van der Waals surface area (Å²) in [6, 6.07) is 34.3. The van der Waals surface area contributed by atoms with Crippen molar-refractivity contribution in [3.63, 3.8) is 0 Å². The molecule has 210 valence electrons. The first-order chi connectivity index (χ1) is 20.5. The molecule has 0 unspecified atom stereocenters. The van der Waals surface area contributed by atoms with Crippen molar-refractivity contribution in [3.05, 3.63) is 120 Å². The molecule has 0 atom stereocenters. The number of ether oxygens (including phenoxy) is 4. The van der Waals surface area contributed by atoms with Gasteiger partial charge in [-0.25, -0.2) is 9.59 Å². The molecule has 0 saturated carbocycles. The Kier molecular flexibility index (Phi) is 8.34. The summed E-state index contributed by atoms with van der Waals surface area (Å²) >= 11 is 0. The zero-order valence-electron chi connectivity index (χ0n) is 23.8. The predicted molar refractivity (Wildman–Crippen MR) is 164 cm³/mol. The second kappa shape index (κ2) is 12.4. The lowest BCUT2D eigenvalue weighted by molar-refractivity contribution is 0.0556.